The fourth-order valence-corrected chi connectivity index (χ4v) is 4.89. The molecule has 0 aliphatic heterocycles. The van der Waals surface area contributed by atoms with Crippen molar-refractivity contribution in [3.05, 3.63) is 57.2 Å². The van der Waals surface area contributed by atoms with Crippen LogP contribution in [0, 0.1) is 0 Å². The average Bonchev–Trinajstić information content (AvgIpc) is 3.29. The van der Waals surface area contributed by atoms with Gasteiger partial charge in [-0.2, -0.15) is 0 Å². The van der Waals surface area contributed by atoms with Crippen molar-refractivity contribution in [1.29, 1.82) is 0 Å². The van der Waals surface area contributed by atoms with Crippen molar-refractivity contribution in [1.82, 2.24) is 0 Å². The fourth-order valence-electron chi connectivity index (χ4n) is 4.89. The van der Waals surface area contributed by atoms with Crippen molar-refractivity contribution >= 4 is 11.6 Å². The van der Waals surface area contributed by atoms with Crippen molar-refractivity contribution in [2.24, 2.45) is 0 Å². The molecule has 188 valence electrons. The van der Waals surface area contributed by atoms with Crippen molar-refractivity contribution in [3.8, 4) is 0 Å². The zero-order chi connectivity index (χ0) is 25.3. The second-order valence-corrected chi connectivity index (χ2v) is 10.8. The largest absolute Gasteiger partial charge is 0.390 e. The fraction of sp³-hybridized carbons (Fsp3) is 0.613. The molecule has 0 amide bonds. The molecule has 1 N–H and O–H groups in total. The van der Waals surface area contributed by atoms with Crippen LogP contribution in [0.4, 0.5) is 0 Å². The number of hydrogen-bond acceptors (Lipinski definition) is 3. The first-order chi connectivity index (χ1) is 16.0. The zero-order valence-corrected chi connectivity index (χ0v) is 22.5. The summed E-state index contributed by atoms with van der Waals surface area (Å²) in [5, 5.41) is 10.8. The van der Waals surface area contributed by atoms with Gasteiger partial charge in [0.2, 0.25) is 0 Å². The molecule has 0 heterocycles. The van der Waals surface area contributed by atoms with Gasteiger partial charge in [0.25, 0.3) is 0 Å². The first-order valence-corrected chi connectivity index (χ1v) is 13.2. The first kappa shape index (κ1) is 28.2. The van der Waals surface area contributed by atoms with Crippen LogP contribution in [0.5, 0.6) is 0 Å². The van der Waals surface area contributed by atoms with Gasteiger partial charge in [-0.15, -0.1) is 0 Å². The van der Waals surface area contributed by atoms with E-state index in [1.807, 2.05) is 6.92 Å². The van der Waals surface area contributed by atoms with Crippen LogP contribution < -0.4 is 0 Å². The Labute approximate surface area is 207 Å². The van der Waals surface area contributed by atoms with E-state index in [1.165, 1.54) is 43.3 Å². The van der Waals surface area contributed by atoms with Crippen LogP contribution in [0.1, 0.15) is 119 Å². The molecule has 0 unspecified atom stereocenters. The Bertz CT molecular complexity index is 910. The summed E-state index contributed by atoms with van der Waals surface area (Å²) in [4.78, 5) is 25.0. The van der Waals surface area contributed by atoms with E-state index in [0.29, 0.717) is 41.6 Å². The van der Waals surface area contributed by atoms with Crippen LogP contribution in [0.3, 0.4) is 0 Å². The molecular formula is C31H46O3. The van der Waals surface area contributed by atoms with Crippen molar-refractivity contribution in [2.75, 3.05) is 0 Å². The third-order valence-electron chi connectivity index (χ3n) is 7.65. The standard InChI is InChI=1S/C31H46O3/c1-22(14-10-18-27-16-7-8-17-27)12-9-13-23(2)15-11-20-31(6,34)21-19-28-26(5)29(32)24(3)25(4)30(28)33/h12,15,18,34H,7-11,13-14,16-17,19-21H2,1-6H3/b22-12+,23-15+/t31-/m1/s1. The SMILES string of the molecule is CC1=C(C)C(=O)C(CC[C@](C)(O)CC/C=C(\C)CC/C=C(\C)CCC=C2CCCC2)=C(C)C1=O. The molecule has 0 bridgehead atoms. The van der Waals surface area contributed by atoms with Crippen LogP contribution in [-0.4, -0.2) is 22.3 Å². The highest BCUT2D eigenvalue weighted by Gasteiger charge is 2.29. The zero-order valence-electron chi connectivity index (χ0n) is 22.5. The highest BCUT2D eigenvalue weighted by atomic mass is 16.3. The monoisotopic (exact) mass is 466 g/mol. The summed E-state index contributed by atoms with van der Waals surface area (Å²) in [7, 11) is 0. The van der Waals surface area contributed by atoms with Gasteiger partial charge in [-0.3, -0.25) is 9.59 Å². The lowest BCUT2D eigenvalue weighted by molar-refractivity contribution is -0.116. The summed E-state index contributed by atoms with van der Waals surface area (Å²) in [5.41, 5.74) is 5.84. The molecule has 1 fully saturated rings. The van der Waals surface area contributed by atoms with E-state index in [4.69, 9.17) is 0 Å². The molecule has 1 atom stereocenters. The Balaban J connectivity index is 1.73. The van der Waals surface area contributed by atoms with E-state index in [-0.39, 0.29) is 11.6 Å². The van der Waals surface area contributed by atoms with Crippen LogP contribution in [-0.2, 0) is 9.59 Å². The van der Waals surface area contributed by atoms with Gasteiger partial charge in [0, 0.05) is 22.3 Å². The maximum atomic E-state index is 12.6. The smallest absolute Gasteiger partial charge is 0.185 e. The Morgan fingerprint density at radius 2 is 1.38 bits per heavy atom. The van der Waals surface area contributed by atoms with E-state index in [1.54, 1.807) is 26.3 Å². The molecule has 2 aliphatic carbocycles. The number of hydrogen-bond donors (Lipinski definition) is 1. The van der Waals surface area contributed by atoms with Crippen LogP contribution in [0.25, 0.3) is 0 Å². The molecular weight excluding hydrogens is 420 g/mol. The summed E-state index contributed by atoms with van der Waals surface area (Å²) in [5.74, 6) is -0.0832. The quantitative estimate of drug-likeness (QED) is 0.234. The lowest BCUT2D eigenvalue weighted by Gasteiger charge is -2.25. The molecule has 0 spiro atoms. The van der Waals surface area contributed by atoms with Gasteiger partial charge < -0.3 is 5.11 Å². The summed E-state index contributed by atoms with van der Waals surface area (Å²) in [6.07, 6.45) is 19.3. The Hall–Kier alpha value is -2.00. The highest BCUT2D eigenvalue weighted by Crippen LogP contribution is 2.30. The first-order valence-electron chi connectivity index (χ1n) is 13.2. The molecule has 2 rings (SSSR count). The van der Waals surface area contributed by atoms with Gasteiger partial charge >= 0.3 is 0 Å². The molecule has 0 saturated heterocycles. The predicted octanol–water partition coefficient (Wildman–Crippen LogP) is 8.06. The Kier molecular flexibility index (Phi) is 11.0. The summed E-state index contributed by atoms with van der Waals surface area (Å²) >= 11 is 0. The molecule has 1 saturated carbocycles. The number of carbonyl (C=O) groups excluding carboxylic acids is 2. The van der Waals surface area contributed by atoms with E-state index >= 15 is 0 Å². The lowest BCUT2D eigenvalue weighted by atomic mass is 9.82. The van der Waals surface area contributed by atoms with Crippen LogP contribution in [0.2, 0.25) is 0 Å². The van der Waals surface area contributed by atoms with Crippen LogP contribution >= 0.6 is 0 Å². The second kappa shape index (κ2) is 13.2. The molecule has 0 aromatic rings. The van der Waals surface area contributed by atoms with E-state index in [0.717, 1.165) is 25.7 Å². The van der Waals surface area contributed by atoms with Crippen molar-refractivity contribution in [2.45, 2.75) is 124 Å². The number of carbonyl (C=O) groups is 2. The van der Waals surface area contributed by atoms with E-state index < -0.39 is 5.60 Å². The number of Topliss-reactive ketones (excluding diaryl/α,β-unsaturated/α-hetero) is 2. The molecule has 0 aromatic carbocycles. The van der Waals surface area contributed by atoms with Gasteiger partial charge in [0.05, 0.1) is 5.60 Å². The van der Waals surface area contributed by atoms with E-state index in [9.17, 15) is 14.7 Å². The molecule has 0 radical (unpaired) electrons. The third-order valence-corrected chi connectivity index (χ3v) is 7.65. The third kappa shape index (κ3) is 8.65. The maximum Gasteiger partial charge on any atom is 0.185 e. The normalized spacial score (nSPS) is 19.9. The minimum atomic E-state index is -0.859. The van der Waals surface area contributed by atoms with Crippen LogP contribution in [0.15, 0.2) is 57.2 Å². The minimum Gasteiger partial charge on any atom is -0.390 e. The van der Waals surface area contributed by atoms with Gasteiger partial charge in [-0.25, -0.2) is 0 Å². The maximum absolute atomic E-state index is 12.6. The summed E-state index contributed by atoms with van der Waals surface area (Å²) in [6.45, 7) is 11.4. The predicted molar refractivity (Wildman–Crippen MR) is 143 cm³/mol. The molecule has 2 aliphatic rings. The van der Waals surface area contributed by atoms with Gasteiger partial charge in [-0.1, -0.05) is 34.9 Å². The van der Waals surface area contributed by atoms with Gasteiger partial charge in [-0.05, 0) is 119 Å². The number of allylic oxidation sites excluding steroid dienone is 10. The van der Waals surface area contributed by atoms with Gasteiger partial charge in [0.1, 0.15) is 0 Å². The number of aliphatic hydroxyl groups is 1. The topological polar surface area (TPSA) is 54.4 Å². The minimum absolute atomic E-state index is 0.0413. The summed E-state index contributed by atoms with van der Waals surface area (Å²) in [6, 6.07) is 0. The lowest BCUT2D eigenvalue weighted by Crippen LogP contribution is -2.26. The molecule has 3 heteroatoms. The molecule has 3 nitrogen and oxygen atoms in total. The highest BCUT2D eigenvalue weighted by molar-refractivity contribution is 6.24. The van der Waals surface area contributed by atoms with Gasteiger partial charge in [0.15, 0.2) is 11.6 Å². The van der Waals surface area contributed by atoms with Crippen molar-refractivity contribution in [3.63, 3.8) is 0 Å². The Morgan fingerprint density at radius 3 is 2.03 bits per heavy atom. The summed E-state index contributed by atoms with van der Waals surface area (Å²) < 4.78 is 0. The number of ketones is 2. The average molecular weight is 467 g/mol. The second-order valence-electron chi connectivity index (χ2n) is 10.8. The number of rotatable bonds is 12. The van der Waals surface area contributed by atoms with E-state index in [2.05, 4.69) is 32.1 Å². The van der Waals surface area contributed by atoms with Crippen molar-refractivity contribution < 1.29 is 14.7 Å². The molecule has 0 aromatic heterocycles. The molecule has 34 heavy (non-hydrogen) atoms. The Morgan fingerprint density at radius 1 is 0.824 bits per heavy atom.